The molecule has 5 N–H and O–H groups in total. The first-order valence-corrected chi connectivity index (χ1v) is 11.4. The number of benzene rings is 3. The van der Waals surface area contributed by atoms with Crippen molar-refractivity contribution in [3.8, 4) is 34.1 Å². The minimum Gasteiger partial charge on any atom is -0.507 e. The summed E-state index contributed by atoms with van der Waals surface area (Å²) in [6, 6.07) is 5.41. The number of phenols is 3. The van der Waals surface area contributed by atoms with Crippen LogP contribution >= 0.6 is 0 Å². The zero-order valence-corrected chi connectivity index (χ0v) is 19.5. The Bertz CT molecular complexity index is 1600. The number of phenolic OH excluding ortho intramolecular Hbond substituents is 3. The van der Waals surface area contributed by atoms with Gasteiger partial charge in [0.2, 0.25) is 5.78 Å². The quantitative estimate of drug-likeness (QED) is 0.243. The van der Waals surface area contributed by atoms with Gasteiger partial charge in [-0.25, -0.2) is 4.79 Å². The van der Waals surface area contributed by atoms with Gasteiger partial charge in [0, 0.05) is 34.2 Å². The van der Waals surface area contributed by atoms with Crippen LogP contribution in [0.2, 0.25) is 0 Å². The van der Waals surface area contributed by atoms with Crippen molar-refractivity contribution in [1.82, 2.24) is 0 Å². The first-order chi connectivity index (χ1) is 17.6. The monoisotopic (exact) mass is 504 g/mol. The molecule has 1 heterocycles. The highest BCUT2D eigenvalue weighted by atomic mass is 16.6. The third-order valence-corrected chi connectivity index (χ3v) is 7.31. The molecule has 6 rings (SSSR count). The van der Waals surface area contributed by atoms with Crippen molar-refractivity contribution in [2.24, 2.45) is 0 Å². The van der Waals surface area contributed by atoms with E-state index < -0.39 is 58.7 Å². The third-order valence-electron chi connectivity index (χ3n) is 7.31. The van der Waals surface area contributed by atoms with E-state index in [2.05, 4.69) is 0 Å². The topological polar surface area (TPSA) is 171 Å². The average Bonchev–Trinajstić information content (AvgIpc) is 2.85. The van der Waals surface area contributed by atoms with Crippen molar-refractivity contribution in [2.45, 2.75) is 31.7 Å². The first kappa shape index (κ1) is 23.0. The predicted molar refractivity (Wildman–Crippen MR) is 125 cm³/mol. The molecular formula is C27H20O10. The van der Waals surface area contributed by atoms with E-state index in [0.29, 0.717) is 5.56 Å². The maximum Gasteiger partial charge on any atom is 0.342 e. The van der Waals surface area contributed by atoms with Crippen molar-refractivity contribution >= 4 is 17.5 Å². The standard InChI is InChI=1S/C27H20O10/c1-8-21(30)11-6-9-7-13(29)17-18(14(9)23(32)16(11)27(35)37-8)25(34)19-20(26(17)36-2)24(33)15-10(22(19)31)4-3-5-12(15)28/h3-6,8,13,21,28-30,32,34H,7H2,1-2H3/t8-,13-,21-/m1/s1. The number of cyclic esters (lactones) is 1. The Morgan fingerprint density at radius 2 is 1.59 bits per heavy atom. The maximum atomic E-state index is 13.5. The Morgan fingerprint density at radius 3 is 2.30 bits per heavy atom. The lowest BCUT2D eigenvalue weighted by Crippen LogP contribution is -2.31. The van der Waals surface area contributed by atoms with Crippen LogP contribution in [0.3, 0.4) is 0 Å². The largest absolute Gasteiger partial charge is 0.507 e. The van der Waals surface area contributed by atoms with Gasteiger partial charge in [-0.1, -0.05) is 18.2 Å². The van der Waals surface area contributed by atoms with Gasteiger partial charge in [-0.15, -0.1) is 0 Å². The molecule has 1 aliphatic heterocycles. The fraction of sp³-hybridized carbons (Fsp3) is 0.222. The van der Waals surface area contributed by atoms with Crippen LogP contribution in [0.25, 0.3) is 11.1 Å². The molecule has 3 aliphatic rings. The third kappa shape index (κ3) is 2.79. The Labute approximate surface area is 208 Å². The number of ketones is 2. The summed E-state index contributed by atoms with van der Waals surface area (Å²) >= 11 is 0. The van der Waals surface area contributed by atoms with E-state index >= 15 is 0 Å². The van der Waals surface area contributed by atoms with Crippen LogP contribution in [-0.2, 0) is 11.2 Å². The number of carbonyl (C=O) groups excluding carboxylic acids is 3. The number of aliphatic hydroxyl groups is 2. The second-order valence-electron chi connectivity index (χ2n) is 9.28. The Balaban J connectivity index is 1.73. The highest BCUT2D eigenvalue weighted by Crippen LogP contribution is 2.57. The summed E-state index contributed by atoms with van der Waals surface area (Å²) in [7, 11) is 1.22. The molecule has 10 nitrogen and oxygen atoms in total. The Morgan fingerprint density at radius 1 is 0.892 bits per heavy atom. The molecule has 0 fully saturated rings. The molecule has 0 aromatic heterocycles. The smallest absolute Gasteiger partial charge is 0.342 e. The van der Waals surface area contributed by atoms with Crippen LogP contribution in [0.1, 0.15) is 78.0 Å². The van der Waals surface area contributed by atoms with Crippen LogP contribution in [0.5, 0.6) is 23.0 Å². The number of methoxy groups -OCH3 is 1. The lowest BCUT2D eigenvalue weighted by Gasteiger charge is -2.34. The van der Waals surface area contributed by atoms with Crippen LogP contribution in [0, 0.1) is 0 Å². The molecule has 3 aromatic carbocycles. The molecular weight excluding hydrogens is 484 g/mol. The van der Waals surface area contributed by atoms with Crippen molar-refractivity contribution in [3.63, 3.8) is 0 Å². The number of aliphatic hydroxyl groups excluding tert-OH is 2. The molecule has 0 saturated heterocycles. The van der Waals surface area contributed by atoms with Crippen molar-refractivity contribution in [1.29, 1.82) is 0 Å². The SMILES string of the molecule is COc1c2c(c(O)c3c1[C@H](O)Cc1cc4c(c(O)c1-3)C(=O)O[C@H](C)[C@H]4O)C(=O)c1cccc(O)c1C2=O. The van der Waals surface area contributed by atoms with E-state index in [9.17, 15) is 39.9 Å². The van der Waals surface area contributed by atoms with Crippen molar-refractivity contribution < 1.29 is 49.4 Å². The minimum absolute atomic E-state index is 0.0571. The zero-order valence-electron chi connectivity index (χ0n) is 19.5. The number of fused-ring (bicyclic) bond motifs is 6. The zero-order chi connectivity index (χ0) is 26.5. The molecule has 0 unspecified atom stereocenters. The predicted octanol–water partition coefficient (Wildman–Crippen LogP) is 2.44. The molecule has 0 saturated carbocycles. The number of ether oxygens (including phenoxy) is 2. The number of hydrogen-bond acceptors (Lipinski definition) is 10. The molecule has 3 aromatic rings. The van der Waals surface area contributed by atoms with E-state index in [1.807, 2.05) is 0 Å². The first-order valence-electron chi connectivity index (χ1n) is 11.4. The lowest BCUT2D eigenvalue weighted by atomic mass is 9.74. The Kier molecular flexibility index (Phi) is 4.69. The second kappa shape index (κ2) is 7.55. The normalized spacial score (nSPS) is 21.3. The molecule has 0 amide bonds. The second-order valence-corrected chi connectivity index (χ2v) is 9.28. The Hall–Kier alpha value is -4.41. The average molecular weight is 504 g/mol. The van der Waals surface area contributed by atoms with Crippen LogP contribution in [0.4, 0.5) is 0 Å². The van der Waals surface area contributed by atoms with E-state index in [1.54, 1.807) is 0 Å². The van der Waals surface area contributed by atoms with Gasteiger partial charge in [-0.3, -0.25) is 9.59 Å². The van der Waals surface area contributed by atoms with Gasteiger partial charge in [0.05, 0.1) is 29.9 Å². The van der Waals surface area contributed by atoms with E-state index in [0.717, 1.165) is 0 Å². The van der Waals surface area contributed by atoms with Gasteiger partial charge in [-0.2, -0.15) is 0 Å². The molecule has 3 atom stereocenters. The van der Waals surface area contributed by atoms with Crippen molar-refractivity contribution in [3.05, 3.63) is 68.8 Å². The molecule has 37 heavy (non-hydrogen) atoms. The van der Waals surface area contributed by atoms with Gasteiger partial charge in [-0.05, 0) is 18.6 Å². The number of rotatable bonds is 1. The molecule has 0 radical (unpaired) electrons. The number of aromatic hydroxyl groups is 3. The van der Waals surface area contributed by atoms with E-state index in [1.165, 1.54) is 38.3 Å². The van der Waals surface area contributed by atoms with Crippen LogP contribution in [-0.4, -0.2) is 56.3 Å². The molecule has 188 valence electrons. The van der Waals surface area contributed by atoms with E-state index in [-0.39, 0.29) is 56.7 Å². The summed E-state index contributed by atoms with van der Waals surface area (Å²) in [6.45, 7) is 1.49. The summed E-state index contributed by atoms with van der Waals surface area (Å²) in [5, 5.41) is 54.8. The molecule has 0 bridgehead atoms. The van der Waals surface area contributed by atoms with Gasteiger partial charge in [0.1, 0.15) is 40.8 Å². The van der Waals surface area contributed by atoms with Gasteiger partial charge < -0.3 is 35.0 Å². The number of hydrogen-bond donors (Lipinski definition) is 5. The molecule has 10 heteroatoms. The summed E-state index contributed by atoms with van der Waals surface area (Å²) in [5.41, 5.74) is -1.37. The highest BCUT2D eigenvalue weighted by Gasteiger charge is 2.45. The van der Waals surface area contributed by atoms with Gasteiger partial charge in [0.15, 0.2) is 5.78 Å². The molecule has 0 spiro atoms. The van der Waals surface area contributed by atoms with Gasteiger partial charge >= 0.3 is 5.97 Å². The summed E-state index contributed by atoms with van der Waals surface area (Å²) in [5.74, 6) is -4.40. The fourth-order valence-corrected chi connectivity index (χ4v) is 5.67. The maximum absolute atomic E-state index is 13.5. The number of carbonyl (C=O) groups is 3. The molecule has 2 aliphatic carbocycles. The highest BCUT2D eigenvalue weighted by molar-refractivity contribution is 6.32. The fourth-order valence-electron chi connectivity index (χ4n) is 5.67. The summed E-state index contributed by atoms with van der Waals surface area (Å²) < 4.78 is 10.6. The summed E-state index contributed by atoms with van der Waals surface area (Å²) in [4.78, 5) is 39.7. The summed E-state index contributed by atoms with van der Waals surface area (Å²) in [6.07, 6.45) is -3.60. The van der Waals surface area contributed by atoms with Crippen molar-refractivity contribution in [2.75, 3.05) is 7.11 Å². The number of esters is 1. The van der Waals surface area contributed by atoms with Crippen LogP contribution in [0.15, 0.2) is 24.3 Å². The van der Waals surface area contributed by atoms with E-state index in [4.69, 9.17) is 9.47 Å². The van der Waals surface area contributed by atoms with Crippen LogP contribution < -0.4 is 4.74 Å². The van der Waals surface area contributed by atoms with Gasteiger partial charge in [0.25, 0.3) is 0 Å². The minimum atomic E-state index is -1.36. The lowest BCUT2D eigenvalue weighted by molar-refractivity contribution is -0.0217.